The van der Waals surface area contributed by atoms with Gasteiger partial charge in [-0.05, 0) is 22.4 Å². The summed E-state index contributed by atoms with van der Waals surface area (Å²) >= 11 is 3.27. The van der Waals surface area contributed by atoms with Crippen LogP contribution in [0.5, 0.6) is 0 Å². The predicted molar refractivity (Wildman–Crippen MR) is 82.4 cm³/mol. The van der Waals surface area contributed by atoms with Gasteiger partial charge in [0, 0.05) is 25.9 Å². The molecule has 0 saturated carbocycles. The van der Waals surface area contributed by atoms with Crippen LogP contribution in [0.25, 0.3) is 0 Å². The molecule has 0 unspecified atom stereocenters. The van der Waals surface area contributed by atoms with Gasteiger partial charge in [-0.2, -0.15) is 10.1 Å². The highest BCUT2D eigenvalue weighted by atomic mass is 79.9. The average Bonchev–Trinajstić information content (AvgIpc) is 2.92. The number of nitrogens with zero attached hydrogens (tertiary/aromatic N) is 4. The molecule has 2 heterocycles. The summed E-state index contributed by atoms with van der Waals surface area (Å²) < 4.78 is 6.94. The van der Waals surface area contributed by atoms with Crippen molar-refractivity contribution in [3.63, 3.8) is 0 Å². The molecule has 0 amide bonds. The third kappa shape index (κ3) is 3.90. The van der Waals surface area contributed by atoms with E-state index in [1.807, 2.05) is 13.8 Å². The Bertz CT molecular complexity index is 665. The number of nitrogens with one attached hydrogen (secondary N) is 1. The summed E-state index contributed by atoms with van der Waals surface area (Å²) in [6.45, 7) is 4.74. The second kappa shape index (κ2) is 6.84. The van der Waals surface area contributed by atoms with Gasteiger partial charge in [-0.1, -0.05) is 19.0 Å². The van der Waals surface area contributed by atoms with Gasteiger partial charge < -0.3 is 9.84 Å². The topological polar surface area (TPSA) is 85.8 Å². The lowest BCUT2D eigenvalue weighted by molar-refractivity contribution is 0.369. The molecular weight excluding hydrogens is 338 g/mol. The normalized spacial score (nSPS) is 11.1. The molecule has 2 rings (SSSR count). The molecule has 0 atom stereocenters. The average molecular weight is 356 g/mol. The van der Waals surface area contributed by atoms with Gasteiger partial charge in [0.25, 0.3) is 5.56 Å². The fourth-order valence-corrected chi connectivity index (χ4v) is 2.20. The van der Waals surface area contributed by atoms with Crippen molar-refractivity contribution >= 4 is 21.6 Å². The van der Waals surface area contributed by atoms with E-state index in [1.54, 1.807) is 13.2 Å². The van der Waals surface area contributed by atoms with Gasteiger partial charge in [0.05, 0.1) is 11.9 Å². The van der Waals surface area contributed by atoms with Crippen LogP contribution in [0.4, 0.5) is 5.69 Å². The molecule has 0 radical (unpaired) electrons. The van der Waals surface area contributed by atoms with Gasteiger partial charge in [-0.15, -0.1) is 0 Å². The highest BCUT2D eigenvalue weighted by Crippen LogP contribution is 2.16. The van der Waals surface area contributed by atoms with E-state index in [9.17, 15) is 4.79 Å². The molecule has 0 aromatic carbocycles. The van der Waals surface area contributed by atoms with Crippen LogP contribution in [0.2, 0.25) is 0 Å². The van der Waals surface area contributed by atoms with Gasteiger partial charge in [-0.3, -0.25) is 4.79 Å². The highest BCUT2D eigenvalue weighted by molar-refractivity contribution is 9.10. The highest BCUT2D eigenvalue weighted by Gasteiger charge is 2.10. The minimum Gasteiger partial charge on any atom is -0.383 e. The molecule has 2 aromatic heterocycles. The molecule has 0 spiro atoms. The van der Waals surface area contributed by atoms with Gasteiger partial charge in [0.1, 0.15) is 4.47 Å². The molecule has 2 aromatic rings. The van der Waals surface area contributed by atoms with Crippen LogP contribution in [-0.2, 0) is 13.5 Å². The summed E-state index contributed by atoms with van der Waals surface area (Å²) in [5, 5.41) is 11.1. The van der Waals surface area contributed by atoms with E-state index in [2.05, 4.69) is 36.5 Å². The Morgan fingerprint density at radius 3 is 2.90 bits per heavy atom. The summed E-state index contributed by atoms with van der Waals surface area (Å²) in [6, 6.07) is 0. The molecule has 0 saturated heterocycles. The summed E-state index contributed by atoms with van der Waals surface area (Å²) in [5.74, 6) is 1.64. The minimum absolute atomic E-state index is 0.168. The monoisotopic (exact) mass is 355 g/mol. The standard InChI is InChI=1S/C13H18BrN5O2/c1-8(2)12-17-10(21-18-12)5-4-6-15-9-7-16-19(3)13(20)11(9)14/h7-8,15H,4-6H2,1-3H3. The number of aryl methyl sites for hydroxylation is 2. The van der Waals surface area contributed by atoms with Crippen LogP contribution in [-0.4, -0.2) is 26.5 Å². The second-order valence-corrected chi connectivity index (χ2v) is 5.83. The quantitative estimate of drug-likeness (QED) is 0.798. The number of anilines is 1. The molecule has 0 aliphatic rings. The van der Waals surface area contributed by atoms with E-state index in [4.69, 9.17) is 4.52 Å². The summed E-state index contributed by atoms with van der Waals surface area (Å²) in [5.41, 5.74) is 0.518. The zero-order valence-electron chi connectivity index (χ0n) is 12.3. The van der Waals surface area contributed by atoms with E-state index in [-0.39, 0.29) is 11.5 Å². The van der Waals surface area contributed by atoms with Gasteiger partial charge >= 0.3 is 0 Å². The molecule has 21 heavy (non-hydrogen) atoms. The smallest absolute Gasteiger partial charge is 0.282 e. The summed E-state index contributed by atoms with van der Waals surface area (Å²) in [7, 11) is 1.61. The van der Waals surface area contributed by atoms with E-state index in [0.29, 0.717) is 29.0 Å². The zero-order chi connectivity index (χ0) is 15.4. The number of hydrogen-bond acceptors (Lipinski definition) is 6. The van der Waals surface area contributed by atoms with Crippen molar-refractivity contribution in [2.75, 3.05) is 11.9 Å². The zero-order valence-corrected chi connectivity index (χ0v) is 13.8. The first-order valence-electron chi connectivity index (χ1n) is 6.77. The molecular formula is C13H18BrN5O2. The van der Waals surface area contributed by atoms with Crippen molar-refractivity contribution in [2.24, 2.45) is 7.05 Å². The predicted octanol–water partition coefficient (Wildman–Crippen LogP) is 2.09. The van der Waals surface area contributed by atoms with E-state index < -0.39 is 0 Å². The summed E-state index contributed by atoms with van der Waals surface area (Å²) in [6.07, 6.45) is 3.14. The third-order valence-corrected chi connectivity index (χ3v) is 3.73. The van der Waals surface area contributed by atoms with Crippen LogP contribution < -0.4 is 10.9 Å². The molecule has 114 valence electrons. The Labute approximate surface area is 130 Å². The third-order valence-electron chi connectivity index (χ3n) is 2.96. The molecule has 1 N–H and O–H groups in total. The van der Waals surface area contributed by atoms with Crippen molar-refractivity contribution in [3.8, 4) is 0 Å². The second-order valence-electron chi connectivity index (χ2n) is 5.03. The number of aromatic nitrogens is 4. The van der Waals surface area contributed by atoms with Crippen molar-refractivity contribution in [2.45, 2.75) is 32.6 Å². The van der Waals surface area contributed by atoms with E-state index >= 15 is 0 Å². The molecule has 8 heteroatoms. The van der Waals surface area contributed by atoms with Crippen LogP contribution in [0.3, 0.4) is 0 Å². The van der Waals surface area contributed by atoms with Crippen molar-refractivity contribution in [1.29, 1.82) is 0 Å². The largest absolute Gasteiger partial charge is 0.383 e. The number of hydrogen-bond donors (Lipinski definition) is 1. The first kappa shape index (κ1) is 15.7. The lowest BCUT2D eigenvalue weighted by Gasteiger charge is -2.07. The Morgan fingerprint density at radius 2 is 2.24 bits per heavy atom. The fourth-order valence-electron chi connectivity index (χ4n) is 1.70. The Balaban J connectivity index is 1.84. The molecule has 0 aliphatic carbocycles. The Morgan fingerprint density at radius 1 is 1.48 bits per heavy atom. The Kier molecular flexibility index (Phi) is 5.11. The number of halogens is 1. The molecule has 7 nitrogen and oxygen atoms in total. The van der Waals surface area contributed by atoms with Crippen molar-refractivity contribution < 1.29 is 4.52 Å². The minimum atomic E-state index is -0.168. The fraction of sp³-hybridized carbons (Fsp3) is 0.538. The van der Waals surface area contributed by atoms with Crippen LogP contribution in [0, 0.1) is 0 Å². The number of rotatable bonds is 6. The van der Waals surface area contributed by atoms with E-state index in [0.717, 1.165) is 12.2 Å². The maximum absolute atomic E-state index is 11.7. The van der Waals surface area contributed by atoms with Crippen molar-refractivity contribution in [3.05, 3.63) is 32.7 Å². The van der Waals surface area contributed by atoms with Crippen LogP contribution in [0.1, 0.15) is 37.9 Å². The summed E-state index contributed by atoms with van der Waals surface area (Å²) in [4.78, 5) is 16.0. The molecule has 0 fully saturated rings. The van der Waals surface area contributed by atoms with Gasteiger partial charge in [0.15, 0.2) is 5.82 Å². The van der Waals surface area contributed by atoms with E-state index in [1.165, 1.54) is 4.68 Å². The maximum Gasteiger partial charge on any atom is 0.282 e. The molecule has 0 aliphatic heterocycles. The van der Waals surface area contributed by atoms with Crippen LogP contribution >= 0.6 is 15.9 Å². The first-order chi connectivity index (χ1) is 9.99. The van der Waals surface area contributed by atoms with Gasteiger partial charge in [0.2, 0.25) is 5.89 Å². The lowest BCUT2D eigenvalue weighted by atomic mass is 10.2. The molecule has 0 bridgehead atoms. The Hall–Kier alpha value is -1.70. The lowest BCUT2D eigenvalue weighted by Crippen LogP contribution is -2.21. The SMILES string of the molecule is CC(C)c1noc(CCCNc2cnn(C)c(=O)c2Br)n1. The van der Waals surface area contributed by atoms with Crippen molar-refractivity contribution in [1.82, 2.24) is 19.9 Å². The first-order valence-corrected chi connectivity index (χ1v) is 7.56. The van der Waals surface area contributed by atoms with Crippen LogP contribution in [0.15, 0.2) is 20.0 Å². The maximum atomic E-state index is 11.7. The van der Waals surface area contributed by atoms with Gasteiger partial charge in [-0.25, -0.2) is 4.68 Å².